The monoisotopic (exact) mass is 380 g/mol. The topological polar surface area (TPSA) is 76.0 Å². The molecule has 1 aliphatic heterocycles. The van der Waals surface area contributed by atoms with E-state index in [-0.39, 0.29) is 23.0 Å². The van der Waals surface area contributed by atoms with Crippen LogP contribution in [0, 0.1) is 0 Å². The number of amides is 2. The lowest BCUT2D eigenvalue weighted by Crippen LogP contribution is -2.36. The highest BCUT2D eigenvalue weighted by molar-refractivity contribution is 6.36. The molecule has 1 aromatic heterocycles. The summed E-state index contributed by atoms with van der Waals surface area (Å²) in [5.74, 6) is 0.361. The number of aryl methyl sites for hydroxylation is 2. The number of rotatable bonds is 5. The summed E-state index contributed by atoms with van der Waals surface area (Å²) < 4.78 is 2.13. The van der Waals surface area contributed by atoms with Crippen LogP contribution in [0.4, 0.5) is 0 Å². The summed E-state index contributed by atoms with van der Waals surface area (Å²) in [5.41, 5.74) is 1.11. The summed E-state index contributed by atoms with van der Waals surface area (Å²) in [4.78, 5) is 28.5. The standard InChI is InChI=1S/C17H18Cl2N4O2/c18-11-4-5-13(14(19)7-11)17(25)21-9-16(24)20-8-12-10-23-6-2-1-3-15(23)22-12/h4-5,7,10H,1-3,6,8-9H2,(H,20,24)(H,21,25). The summed E-state index contributed by atoms with van der Waals surface area (Å²) in [7, 11) is 0. The third-order valence-electron chi connectivity index (χ3n) is 4.01. The van der Waals surface area contributed by atoms with Crippen LogP contribution in [-0.4, -0.2) is 27.9 Å². The van der Waals surface area contributed by atoms with E-state index in [2.05, 4.69) is 20.2 Å². The zero-order valence-corrected chi connectivity index (χ0v) is 15.0. The SMILES string of the molecule is O=C(CNC(=O)c1ccc(Cl)cc1Cl)NCc1cn2c(n1)CCCC2. The predicted octanol–water partition coefficient (Wildman–Crippen LogP) is 2.57. The molecular formula is C17H18Cl2N4O2. The molecule has 2 amide bonds. The Hall–Kier alpha value is -2.05. The first-order valence-electron chi connectivity index (χ1n) is 8.08. The zero-order valence-electron chi connectivity index (χ0n) is 13.5. The maximum absolute atomic E-state index is 12.1. The number of halogens is 2. The van der Waals surface area contributed by atoms with Gasteiger partial charge in [-0.05, 0) is 31.0 Å². The number of nitrogens with one attached hydrogen (secondary N) is 2. The van der Waals surface area contributed by atoms with Gasteiger partial charge in [0.25, 0.3) is 5.91 Å². The van der Waals surface area contributed by atoms with Crippen molar-refractivity contribution in [3.05, 3.63) is 51.5 Å². The Morgan fingerprint density at radius 3 is 2.80 bits per heavy atom. The van der Waals surface area contributed by atoms with Crippen molar-refractivity contribution in [2.75, 3.05) is 6.54 Å². The molecule has 0 radical (unpaired) electrons. The van der Waals surface area contributed by atoms with E-state index in [0.29, 0.717) is 11.6 Å². The van der Waals surface area contributed by atoms with Crippen molar-refractivity contribution in [2.45, 2.75) is 32.4 Å². The number of carbonyl (C=O) groups is 2. The van der Waals surface area contributed by atoms with Crippen LogP contribution in [0.5, 0.6) is 0 Å². The van der Waals surface area contributed by atoms with Gasteiger partial charge in [-0.2, -0.15) is 0 Å². The number of carbonyl (C=O) groups excluding carboxylic acids is 2. The third kappa shape index (κ3) is 4.52. The fourth-order valence-electron chi connectivity index (χ4n) is 2.74. The van der Waals surface area contributed by atoms with Gasteiger partial charge in [0.15, 0.2) is 0 Å². The molecule has 25 heavy (non-hydrogen) atoms. The molecule has 0 bridgehead atoms. The van der Waals surface area contributed by atoms with E-state index in [0.717, 1.165) is 37.3 Å². The van der Waals surface area contributed by atoms with Gasteiger partial charge in [-0.15, -0.1) is 0 Å². The second-order valence-electron chi connectivity index (χ2n) is 5.88. The molecule has 3 rings (SSSR count). The molecule has 8 heteroatoms. The van der Waals surface area contributed by atoms with Crippen molar-refractivity contribution in [3.63, 3.8) is 0 Å². The van der Waals surface area contributed by atoms with E-state index in [9.17, 15) is 9.59 Å². The molecule has 1 aliphatic rings. The molecule has 1 aromatic carbocycles. The summed E-state index contributed by atoms with van der Waals surface area (Å²) in [6.45, 7) is 1.19. The predicted molar refractivity (Wildman–Crippen MR) is 95.8 cm³/mol. The van der Waals surface area contributed by atoms with E-state index < -0.39 is 5.91 Å². The summed E-state index contributed by atoms with van der Waals surface area (Å²) >= 11 is 11.8. The highest BCUT2D eigenvalue weighted by Crippen LogP contribution is 2.20. The Labute approximate surface area is 155 Å². The molecule has 6 nitrogen and oxygen atoms in total. The first-order valence-corrected chi connectivity index (χ1v) is 8.83. The lowest BCUT2D eigenvalue weighted by Gasteiger charge is -2.11. The molecule has 2 N–H and O–H groups in total. The molecule has 0 unspecified atom stereocenters. The Bertz CT molecular complexity index is 780. The van der Waals surface area contributed by atoms with Gasteiger partial charge >= 0.3 is 0 Å². The average molecular weight is 381 g/mol. The van der Waals surface area contributed by atoms with Gasteiger partial charge in [0.2, 0.25) is 5.91 Å². The van der Waals surface area contributed by atoms with Crippen molar-refractivity contribution >= 4 is 35.0 Å². The van der Waals surface area contributed by atoms with Crippen molar-refractivity contribution in [3.8, 4) is 0 Å². The maximum Gasteiger partial charge on any atom is 0.253 e. The fraction of sp³-hybridized carbons (Fsp3) is 0.353. The normalized spacial score (nSPS) is 13.2. The molecule has 0 fully saturated rings. The van der Waals surface area contributed by atoms with Crippen molar-refractivity contribution < 1.29 is 9.59 Å². The maximum atomic E-state index is 12.1. The van der Waals surface area contributed by atoms with E-state index in [1.807, 2.05) is 6.20 Å². The fourth-order valence-corrected chi connectivity index (χ4v) is 3.23. The molecule has 0 saturated carbocycles. The molecule has 0 spiro atoms. The summed E-state index contributed by atoms with van der Waals surface area (Å²) in [5, 5.41) is 5.99. The molecule has 0 atom stereocenters. The van der Waals surface area contributed by atoms with Crippen molar-refractivity contribution in [2.24, 2.45) is 0 Å². The number of nitrogens with zero attached hydrogens (tertiary/aromatic N) is 2. The van der Waals surface area contributed by atoms with Gasteiger partial charge in [0, 0.05) is 24.2 Å². The Kier molecular flexibility index (Phi) is 5.60. The van der Waals surface area contributed by atoms with Crippen LogP contribution >= 0.6 is 23.2 Å². The van der Waals surface area contributed by atoms with Gasteiger partial charge in [-0.25, -0.2) is 4.98 Å². The first kappa shape index (κ1) is 17.8. The second-order valence-corrected chi connectivity index (χ2v) is 6.73. The van der Waals surface area contributed by atoms with Gasteiger partial charge in [-0.3, -0.25) is 9.59 Å². The smallest absolute Gasteiger partial charge is 0.253 e. The first-order chi connectivity index (χ1) is 12.0. The Balaban J connectivity index is 1.48. The van der Waals surface area contributed by atoms with Crippen LogP contribution in [0.1, 0.15) is 34.7 Å². The van der Waals surface area contributed by atoms with Gasteiger partial charge in [0.1, 0.15) is 5.82 Å². The van der Waals surface area contributed by atoms with Crippen LogP contribution in [0.3, 0.4) is 0 Å². The minimum atomic E-state index is -0.422. The zero-order chi connectivity index (χ0) is 17.8. The van der Waals surface area contributed by atoms with E-state index in [4.69, 9.17) is 23.2 Å². The number of imidazole rings is 1. The molecule has 0 aliphatic carbocycles. The lowest BCUT2D eigenvalue weighted by atomic mass is 10.2. The highest BCUT2D eigenvalue weighted by Gasteiger charge is 2.14. The Morgan fingerprint density at radius 1 is 1.20 bits per heavy atom. The average Bonchev–Trinajstić information content (AvgIpc) is 3.01. The second kappa shape index (κ2) is 7.89. The molecule has 0 saturated heterocycles. The molecule has 2 heterocycles. The summed E-state index contributed by atoms with van der Waals surface area (Å²) in [6, 6.07) is 4.58. The largest absolute Gasteiger partial charge is 0.349 e. The third-order valence-corrected chi connectivity index (χ3v) is 4.56. The van der Waals surface area contributed by atoms with Crippen LogP contribution in [-0.2, 0) is 24.3 Å². The highest BCUT2D eigenvalue weighted by atomic mass is 35.5. The van der Waals surface area contributed by atoms with Crippen LogP contribution < -0.4 is 10.6 Å². The van der Waals surface area contributed by atoms with Crippen LogP contribution in [0.15, 0.2) is 24.4 Å². The Morgan fingerprint density at radius 2 is 2.04 bits per heavy atom. The van der Waals surface area contributed by atoms with E-state index in [1.54, 1.807) is 6.07 Å². The minimum Gasteiger partial charge on any atom is -0.349 e. The van der Waals surface area contributed by atoms with Gasteiger partial charge < -0.3 is 15.2 Å². The molecule has 132 valence electrons. The molecule has 2 aromatic rings. The number of hydrogen-bond acceptors (Lipinski definition) is 3. The minimum absolute atomic E-state index is 0.134. The number of benzene rings is 1. The van der Waals surface area contributed by atoms with Gasteiger partial charge in [-0.1, -0.05) is 23.2 Å². The number of fused-ring (bicyclic) bond motifs is 1. The van der Waals surface area contributed by atoms with E-state index in [1.165, 1.54) is 12.1 Å². The van der Waals surface area contributed by atoms with Crippen LogP contribution in [0.2, 0.25) is 10.0 Å². The number of aromatic nitrogens is 2. The van der Waals surface area contributed by atoms with E-state index >= 15 is 0 Å². The summed E-state index contributed by atoms with van der Waals surface area (Å²) in [6.07, 6.45) is 5.27. The van der Waals surface area contributed by atoms with Crippen molar-refractivity contribution in [1.29, 1.82) is 0 Å². The van der Waals surface area contributed by atoms with Gasteiger partial charge in [0.05, 0.1) is 29.4 Å². The molecular weight excluding hydrogens is 363 g/mol. The quantitative estimate of drug-likeness (QED) is 0.836. The lowest BCUT2D eigenvalue weighted by molar-refractivity contribution is -0.120. The van der Waals surface area contributed by atoms with Crippen molar-refractivity contribution in [1.82, 2.24) is 20.2 Å². The number of hydrogen-bond donors (Lipinski definition) is 2. The van der Waals surface area contributed by atoms with Crippen LogP contribution in [0.25, 0.3) is 0 Å².